The SMILES string of the molecule is CN(CCO)c1ccc(NC=C2C(=O)NC(=O)c3ccc(Br)cc32)cc1. The molecule has 0 aromatic heterocycles. The van der Waals surface area contributed by atoms with Crippen molar-refractivity contribution in [3.8, 4) is 0 Å². The largest absolute Gasteiger partial charge is 0.395 e. The van der Waals surface area contributed by atoms with Gasteiger partial charge in [0.15, 0.2) is 0 Å². The van der Waals surface area contributed by atoms with Crippen molar-refractivity contribution in [1.82, 2.24) is 5.32 Å². The number of aliphatic hydroxyl groups excluding tert-OH is 1. The van der Waals surface area contributed by atoms with Gasteiger partial charge < -0.3 is 15.3 Å². The second-order valence-electron chi connectivity index (χ2n) is 5.87. The van der Waals surface area contributed by atoms with E-state index in [-0.39, 0.29) is 6.61 Å². The number of halogens is 1. The normalized spacial score (nSPS) is 14.8. The van der Waals surface area contributed by atoms with E-state index in [1.54, 1.807) is 24.4 Å². The molecule has 6 nitrogen and oxygen atoms in total. The van der Waals surface area contributed by atoms with Crippen LogP contribution in [-0.2, 0) is 4.79 Å². The van der Waals surface area contributed by atoms with Gasteiger partial charge in [0, 0.05) is 46.8 Å². The average molecular weight is 416 g/mol. The topological polar surface area (TPSA) is 81.7 Å². The molecule has 0 atom stereocenters. The van der Waals surface area contributed by atoms with Crippen LogP contribution in [0.15, 0.2) is 53.1 Å². The number of carbonyl (C=O) groups is 2. The fraction of sp³-hybridized carbons (Fsp3) is 0.158. The summed E-state index contributed by atoms with van der Waals surface area (Å²) in [5, 5.41) is 14.4. The van der Waals surface area contributed by atoms with Crippen molar-refractivity contribution in [2.45, 2.75) is 0 Å². The molecule has 2 aromatic rings. The van der Waals surface area contributed by atoms with E-state index in [9.17, 15) is 9.59 Å². The molecule has 0 bridgehead atoms. The number of hydrogen-bond donors (Lipinski definition) is 3. The van der Waals surface area contributed by atoms with E-state index in [1.165, 1.54) is 0 Å². The Morgan fingerprint density at radius 2 is 1.85 bits per heavy atom. The minimum Gasteiger partial charge on any atom is -0.395 e. The summed E-state index contributed by atoms with van der Waals surface area (Å²) >= 11 is 3.37. The van der Waals surface area contributed by atoms with Crippen LogP contribution in [0.3, 0.4) is 0 Å². The molecule has 1 heterocycles. The van der Waals surface area contributed by atoms with Crippen molar-refractivity contribution in [3.63, 3.8) is 0 Å². The maximum atomic E-state index is 12.2. The van der Waals surface area contributed by atoms with Crippen LogP contribution in [0.2, 0.25) is 0 Å². The molecule has 26 heavy (non-hydrogen) atoms. The molecule has 0 unspecified atom stereocenters. The highest BCUT2D eigenvalue weighted by Crippen LogP contribution is 2.27. The number of likely N-dealkylation sites (N-methyl/N-ethyl adjacent to an activating group) is 1. The molecule has 3 N–H and O–H groups in total. The van der Waals surface area contributed by atoms with Crippen molar-refractivity contribution in [2.24, 2.45) is 0 Å². The second-order valence-corrected chi connectivity index (χ2v) is 6.78. The first kappa shape index (κ1) is 18.2. The van der Waals surface area contributed by atoms with Gasteiger partial charge in [-0.25, -0.2) is 0 Å². The highest BCUT2D eigenvalue weighted by molar-refractivity contribution is 9.10. The fourth-order valence-electron chi connectivity index (χ4n) is 2.69. The average Bonchev–Trinajstić information content (AvgIpc) is 2.62. The Balaban J connectivity index is 1.84. The van der Waals surface area contributed by atoms with E-state index >= 15 is 0 Å². The first-order valence-electron chi connectivity index (χ1n) is 8.04. The van der Waals surface area contributed by atoms with Crippen LogP contribution >= 0.6 is 15.9 Å². The summed E-state index contributed by atoms with van der Waals surface area (Å²) in [6.45, 7) is 0.641. The fourth-order valence-corrected chi connectivity index (χ4v) is 3.05. The van der Waals surface area contributed by atoms with Gasteiger partial charge >= 0.3 is 0 Å². The van der Waals surface area contributed by atoms with Crippen molar-refractivity contribution in [3.05, 3.63) is 64.3 Å². The predicted molar refractivity (Wildman–Crippen MR) is 105 cm³/mol. The number of anilines is 2. The molecule has 1 aliphatic rings. The van der Waals surface area contributed by atoms with E-state index in [2.05, 4.69) is 26.6 Å². The third kappa shape index (κ3) is 3.79. The van der Waals surface area contributed by atoms with Crippen LogP contribution in [0, 0.1) is 0 Å². The lowest BCUT2D eigenvalue weighted by Crippen LogP contribution is -2.36. The van der Waals surface area contributed by atoms with Crippen LogP contribution in [0.25, 0.3) is 5.57 Å². The number of aliphatic hydroxyl groups is 1. The van der Waals surface area contributed by atoms with Crippen LogP contribution in [0.5, 0.6) is 0 Å². The number of imide groups is 1. The lowest BCUT2D eigenvalue weighted by atomic mass is 9.95. The van der Waals surface area contributed by atoms with Crippen LogP contribution in [0.1, 0.15) is 15.9 Å². The van der Waals surface area contributed by atoms with Gasteiger partial charge in [0.05, 0.1) is 12.2 Å². The van der Waals surface area contributed by atoms with Gasteiger partial charge in [0.1, 0.15) is 0 Å². The van der Waals surface area contributed by atoms with Crippen LogP contribution in [-0.4, -0.2) is 37.1 Å². The number of rotatable bonds is 5. The minimum absolute atomic E-state index is 0.0887. The smallest absolute Gasteiger partial charge is 0.260 e. The summed E-state index contributed by atoms with van der Waals surface area (Å²) in [4.78, 5) is 26.1. The molecular formula is C19H18BrN3O3. The summed E-state index contributed by atoms with van der Waals surface area (Å²) in [5.41, 5.74) is 3.22. The monoisotopic (exact) mass is 415 g/mol. The molecule has 1 aliphatic heterocycles. The highest BCUT2D eigenvalue weighted by Gasteiger charge is 2.27. The predicted octanol–water partition coefficient (Wildman–Crippen LogP) is 2.60. The molecule has 7 heteroatoms. The van der Waals surface area contributed by atoms with Crippen molar-refractivity contribution in [1.29, 1.82) is 0 Å². The molecular weight excluding hydrogens is 398 g/mol. The molecule has 3 rings (SSSR count). The Morgan fingerprint density at radius 3 is 2.54 bits per heavy atom. The van der Waals surface area contributed by atoms with Crippen molar-refractivity contribution < 1.29 is 14.7 Å². The zero-order chi connectivity index (χ0) is 18.7. The number of nitrogens with one attached hydrogen (secondary N) is 2. The van der Waals surface area contributed by atoms with Gasteiger partial charge in [-0.15, -0.1) is 0 Å². The Kier molecular flexibility index (Phi) is 5.39. The molecule has 0 saturated carbocycles. The third-order valence-electron chi connectivity index (χ3n) is 4.11. The summed E-state index contributed by atoms with van der Waals surface area (Å²) < 4.78 is 0.793. The lowest BCUT2D eigenvalue weighted by Gasteiger charge is -2.19. The summed E-state index contributed by atoms with van der Waals surface area (Å²) in [5.74, 6) is -0.835. The molecule has 0 saturated heterocycles. The second kappa shape index (κ2) is 7.72. The Morgan fingerprint density at radius 1 is 1.12 bits per heavy atom. The Bertz CT molecular complexity index is 878. The number of hydrogen-bond acceptors (Lipinski definition) is 5. The number of amides is 2. The molecule has 2 amide bonds. The summed E-state index contributed by atoms with van der Waals surface area (Å²) in [6, 6.07) is 12.8. The van der Waals surface area contributed by atoms with Gasteiger partial charge in [-0.05, 0) is 42.5 Å². The van der Waals surface area contributed by atoms with Gasteiger partial charge in [-0.2, -0.15) is 0 Å². The van der Waals surface area contributed by atoms with E-state index in [1.807, 2.05) is 36.2 Å². The molecule has 0 radical (unpaired) electrons. The van der Waals surface area contributed by atoms with E-state index in [4.69, 9.17) is 5.11 Å². The third-order valence-corrected chi connectivity index (χ3v) is 4.61. The maximum absolute atomic E-state index is 12.2. The molecule has 0 spiro atoms. The zero-order valence-corrected chi connectivity index (χ0v) is 15.7. The van der Waals surface area contributed by atoms with E-state index < -0.39 is 11.8 Å². The highest BCUT2D eigenvalue weighted by atomic mass is 79.9. The Labute approximate surface area is 159 Å². The number of carbonyl (C=O) groups excluding carboxylic acids is 2. The number of fused-ring (bicyclic) bond motifs is 1. The maximum Gasteiger partial charge on any atom is 0.260 e. The first-order valence-corrected chi connectivity index (χ1v) is 8.83. The molecule has 2 aromatic carbocycles. The minimum atomic E-state index is -0.438. The molecule has 134 valence electrons. The molecule has 0 aliphatic carbocycles. The van der Waals surface area contributed by atoms with Gasteiger partial charge in [0.2, 0.25) is 0 Å². The molecule has 0 fully saturated rings. The van der Waals surface area contributed by atoms with Crippen molar-refractivity contribution in [2.75, 3.05) is 30.4 Å². The quantitative estimate of drug-likeness (QED) is 0.516. The van der Waals surface area contributed by atoms with Crippen LogP contribution in [0.4, 0.5) is 11.4 Å². The zero-order valence-electron chi connectivity index (χ0n) is 14.1. The van der Waals surface area contributed by atoms with E-state index in [0.717, 1.165) is 15.8 Å². The Hall–Kier alpha value is -2.64. The lowest BCUT2D eigenvalue weighted by molar-refractivity contribution is -0.114. The van der Waals surface area contributed by atoms with Gasteiger partial charge in [-0.3, -0.25) is 14.9 Å². The number of benzene rings is 2. The summed E-state index contributed by atoms with van der Waals surface area (Å²) in [7, 11) is 1.90. The van der Waals surface area contributed by atoms with Gasteiger partial charge in [-0.1, -0.05) is 15.9 Å². The van der Waals surface area contributed by atoms with Gasteiger partial charge in [0.25, 0.3) is 11.8 Å². The standard InChI is InChI=1S/C19H18BrN3O3/c1-23(8-9-24)14-5-3-13(4-6-14)21-11-17-16-10-12(20)2-7-15(16)18(25)22-19(17)26/h2-7,10-11,21,24H,8-9H2,1H3,(H,22,25,26). The van der Waals surface area contributed by atoms with E-state index in [0.29, 0.717) is 23.2 Å². The van der Waals surface area contributed by atoms with Crippen LogP contribution < -0.4 is 15.5 Å². The summed E-state index contributed by atoms with van der Waals surface area (Å²) in [6.07, 6.45) is 1.60. The first-order chi connectivity index (χ1) is 12.5. The van der Waals surface area contributed by atoms with Crippen molar-refractivity contribution >= 4 is 44.7 Å². The number of nitrogens with zero attached hydrogens (tertiary/aromatic N) is 1.